The second-order valence-electron chi connectivity index (χ2n) is 7.42. The molecule has 1 amide bonds. The lowest BCUT2D eigenvalue weighted by atomic mass is 10.2. The van der Waals surface area contributed by atoms with E-state index in [0.717, 1.165) is 19.3 Å². The van der Waals surface area contributed by atoms with Gasteiger partial charge in [0.1, 0.15) is 15.8 Å². The maximum absolute atomic E-state index is 13.1. The molecule has 6 nitrogen and oxygen atoms in total. The molecule has 3 rings (SSSR count). The summed E-state index contributed by atoms with van der Waals surface area (Å²) in [5.74, 6) is 0.741. The Morgan fingerprint density at radius 3 is 2.79 bits per heavy atom. The molecule has 29 heavy (non-hydrogen) atoms. The van der Waals surface area contributed by atoms with Crippen molar-refractivity contribution in [2.24, 2.45) is 5.92 Å². The molecule has 0 aromatic carbocycles. The Hall–Kier alpha value is -2.19. The molecule has 3 heterocycles. The Morgan fingerprint density at radius 2 is 2.07 bits per heavy atom. The van der Waals surface area contributed by atoms with Crippen LogP contribution in [0.15, 0.2) is 34.1 Å². The molecule has 1 aliphatic rings. The smallest absolute Gasteiger partial charge is 0.267 e. The molecular weight excluding hydrogens is 404 g/mol. The topological polar surface area (TPSA) is 66.7 Å². The molecule has 0 spiro atoms. The van der Waals surface area contributed by atoms with E-state index in [1.54, 1.807) is 29.3 Å². The lowest BCUT2D eigenvalue weighted by Gasteiger charge is -2.14. The van der Waals surface area contributed by atoms with Crippen molar-refractivity contribution in [1.29, 1.82) is 0 Å². The molecule has 0 radical (unpaired) electrons. The number of nitrogens with one attached hydrogen (secondary N) is 1. The van der Waals surface area contributed by atoms with Crippen molar-refractivity contribution in [2.75, 3.05) is 18.4 Å². The first-order valence-electron chi connectivity index (χ1n) is 9.93. The highest BCUT2D eigenvalue weighted by Crippen LogP contribution is 2.33. The van der Waals surface area contributed by atoms with Crippen molar-refractivity contribution in [1.82, 2.24) is 14.3 Å². The van der Waals surface area contributed by atoms with Crippen LogP contribution in [0.25, 0.3) is 11.7 Å². The summed E-state index contributed by atoms with van der Waals surface area (Å²) in [4.78, 5) is 32.7. The number of pyridine rings is 1. The number of aromatic nitrogens is 2. The number of thiocarbonyl (C=S) groups is 1. The zero-order valence-electron chi connectivity index (χ0n) is 17.0. The second kappa shape index (κ2) is 9.54. The van der Waals surface area contributed by atoms with Crippen LogP contribution in [0.3, 0.4) is 0 Å². The first kappa shape index (κ1) is 21.5. The lowest BCUT2D eigenvalue weighted by molar-refractivity contribution is -0.122. The van der Waals surface area contributed by atoms with Crippen LogP contribution >= 0.6 is 24.0 Å². The molecule has 2 aromatic heterocycles. The van der Waals surface area contributed by atoms with Gasteiger partial charge in [0.05, 0.1) is 10.5 Å². The molecular formula is C21H26N4O2S2. The van der Waals surface area contributed by atoms with Gasteiger partial charge in [0.25, 0.3) is 11.5 Å². The third-order valence-corrected chi connectivity index (χ3v) is 5.96. The molecule has 1 N–H and O–H groups in total. The first-order chi connectivity index (χ1) is 13.9. The van der Waals surface area contributed by atoms with E-state index in [2.05, 4.69) is 31.1 Å². The molecule has 1 saturated heterocycles. The second-order valence-corrected chi connectivity index (χ2v) is 9.10. The fourth-order valence-electron chi connectivity index (χ4n) is 3.01. The molecule has 154 valence electrons. The monoisotopic (exact) mass is 430 g/mol. The molecule has 0 atom stereocenters. The number of anilines is 1. The summed E-state index contributed by atoms with van der Waals surface area (Å²) in [6.45, 7) is 7.58. The average Bonchev–Trinajstić information content (AvgIpc) is 2.96. The standard InChI is InChI=1S/C21H26N4O2S2/c1-4-5-7-11-25-20(27)16(29-21(25)28)12-15-18(22-13-14(2)3)23-17-9-6-8-10-24(17)19(15)26/h6,8-10,12,14,22H,4-5,7,11,13H2,1-3H3. The van der Waals surface area contributed by atoms with Gasteiger partial charge >= 0.3 is 0 Å². The minimum atomic E-state index is -0.210. The van der Waals surface area contributed by atoms with E-state index >= 15 is 0 Å². The van der Waals surface area contributed by atoms with Crippen molar-refractivity contribution in [2.45, 2.75) is 40.0 Å². The summed E-state index contributed by atoms with van der Waals surface area (Å²) in [6.07, 6.45) is 6.36. The first-order valence-corrected chi connectivity index (χ1v) is 11.2. The van der Waals surface area contributed by atoms with Gasteiger partial charge < -0.3 is 5.32 Å². The summed E-state index contributed by atoms with van der Waals surface area (Å²) in [6, 6.07) is 5.42. The van der Waals surface area contributed by atoms with Gasteiger partial charge in [0.2, 0.25) is 0 Å². The third kappa shape index (κ3) is 4.87. The van der Waals surface area contributed by atoms with Crippen molar-refractivity contribution in [3.05, 3.63) is 45.2 Å². The summed E-state index contributed by atoms with van der Waals surface area (Å²) in [5.41, 5.74) is 0.731. The van der Waals surface area contributed by atoms with Crippen molar-refractivity contribution < 1.29 is 4.79 Å². The van der Waals surface area contributed by atoms with Crippen LogP contribution in [0.5, 0.6) is 0 Å². The summed E-state index contributed by atoms with van der Waals surface area (Å²) < 4.78 is 2.04. The zero-order chi connectivity index (χ0) is 21.0. The van der Waals surface area contributed by atoms with Crippen molar-refractivity contribution >= 4 is 51.7 Å². The normalized spacial score (nSPS) is 15.9. The molecule has 8 heteroatoms. The van der Waals surface area contributed by atoms with Gasteiger partial charge in [-0.15, -0.1) is 0 Å². The highest BCUT2D eigenvalue weighted by molar-refractivity contribution is 8.26. The molecule has 1 fully saturated rings. The van der Waals surface area contributed by atoms with E-state index in [0.29, 0.717) is 45.3 Å². The van der Waals surface area contributed by atoms with Gasteiger partial charge in [0.15, 0.2) is 0 Å². The van der Waals surface area contributed by atoms with E-state index in [1.165, 1.54) is 16.2 Å². The number of fused-ring (bicyclic) bond motifs is 1. The number of thioether (sulfide) groups is 1. The number of carbonyl (C=O) groups is 1. The Labute approximate surface area is 180 Å². The van der Waals surface area contributed by atoms with Crippen LogP contribution in [0.4, 0.5) is 5.82 Å². The third-order valence-electron chi connectivity index (χ3n) is 4.58. The Bertz CT molecular complexity index is 1010. The minimum absolute atomic E-state index is 0.136. The number of rotatable bonds is 8. The largest absolute Gasteiger partial charge is 0.369 e. The molecule has 2 aromatic rings. The zero-order valence-corrected chi connectivity index (χ0v) is 18.6. The Kier molecular flexibility index (Phi) is 7.08. The van der Waals surface area contributed by atoms with Gasteiger partial charge in [-0.1, -0.05) is 63.7 Å². The minimum Gasteiger partial charge on any atom is -0.369 e. The number of unbranched alkanes of at least 4 members (excludes halogenated alkanes) is 2. The van der Waals surface area contributed by atoms with E-state index in [4.69, 9.17) is 12.2 Å². The van der Waals surface area contributed by atoms with Gasteiger partial charge in [0, 0.05) is 19.3 Å². The van der Waals surface area contributed by atoms with E-state index in [9.17, 15) is 9.59 Å². The molecule has 1 aliphatic heterocycles. The number of hydrogen-bond acceptors (Lipinski definition) is 6. The van der Waals surface area contributed by atoms with Crippen LogP contribution in [0.2, 0.25) is 0 Å². The lowest BCUT2D eigenvalue weighted by Crippen LogP contribution is -2.29. The van der Waals surface area contributed by atoms with Gasteiger partial charge in [-0.2, -0.15) is 0 Å². The van der Waals surface area contributed by atoms with Crippen LogP contribution in [-0.2, 0) is 4.79 Å². The fourth-order valence-corrected chi connectivity index (χ4v) is 4.30. The van der Waals surface area contributed by atoms with E-state index < -0.39 is 0 Å². The predicted molar refractivity (Wildman–Crippen MR) is 124 cm³/mol. The highest BCUT2D eigenvalue weighted by atomic mass is 32.2. The molecule has 0 saturated carbocycles. The Morgan fingerprint density at radius 1 is 1.28 bits per heavy atom. The van der Waals surface area contributed by atoms with Gasteiger partial charge in [-0.25, -0.2) is 4.98 Å². The van der Waals surface area contributed by atoms with Crippen LogP contribution in [-0.4, -0.2) is 37.6 Å². The van der Waals surface area contributed by atoms with Gasteiger partial charge in [-0.05, 0) is 30.5 Å². The summed E-state index contributed by atoms with van der Waals surface area (Å²) in [7, 11) is 0. The molecule has 0 unspecified atom stereocenters. The molecule has 0 aliphatic carbocycles. The number of nitrogens with zero attached hydrogens (tertiary/aromatic N) is 3. The quantitative estimate of drug-likeness (QED) is 0.385. The average molecular weight is 431 g/mol. The number of carbonyl (C=O) groups excluding carboxylic acids is 1. The van der Waals surface area contributed by atoms with Crippen LogP contribution in [0, 0.1) is 5.92 Å². The fraction of sp³-hybridized carbons (Fsp3) is 0.429. The van der Waals surface area contributed by atoms with E-state index in [-0.39, 0.29) is 11.5 Å². The summed E-state index contributed by atoms with van der Waals surface area (Å²) >= 11 is 6.65. The predicted octanol–water partition coefficient (Wildman–Crippen LogP) is 4.15. The van der Waals surface area contributed by atoms with Crippen molar-refractivity contribution in [3.63, 3.8) is 0 Å². The number of hydrogen-bond donors (Lipinski definition) is 1. The van der Waals surface area contributed by atoms with Crippen LogP contribution < -0.4 is 10.9 Å². The van der Waals surface area contributed by atoms with E-state index in [1.807, 2.05) is 6.07 Å². The molecule has 0 bridgehead atoms. The highest BCUT2D eigenvalue weighted by Gasteiger charge is 2.32. The van der Waals surface area contributed by atoms with Gasteiger partial charge in [-0.3, -0.25) is 18.9 Å². The number of amides is 1. The maximum atomic E-state index is 13.1. The SMILES string of the molecule is CCCCCN1C(=O)C(=Cc2c(NCC(C)C)nc3ccccn3c2=O)SC1=S. The van der Waals surface area contributed by atoms with Crippen LogP contribution in [0.1, 0.15) is 45.6 Å². The Balaban J connectivity index is 2.00. The maximum Gasteiger partial charge on any atom is 0.267 e. The summed E-state index contributed by atoms with van der Waals surface area (Å²) in [5, 5.41) is 3.26. The van der Waals surface area contributed by atoms with Crippen molar-refractivity contribution in [3.8, 4) is 0 Å².